The van der Waals surface area contributed by atoms with Gasteiger partial charge in [0, 0.05) is 25.0 Å². The first kappa shape index (κ1) is 20.3. The number of carbonyl (C=O) groups excluding carboxylic acids is 4. The van der Waals surface area contributed by atoms with E-state index in [1.165, 1.54) is 0 Å². The van der Waals surface area contributed by atoms with Crippen molar-refractivity contribution in [1.82, 2.24) is 15.5 Å². The number of hydrogen-bond acceptors (Lipinski definition) is 7. The Morgan fingerprint density at radius 3 is 2.58 bits per heavy atom. The maximum Gasteiger partial charge on any atom is 0.262 e. The number of benzene rings is 1. The van der Waals surface area contributed by atoms with Gasteiger partial charge in [0.15, 0.2) is 0 Å². The van der Waals surface area contributed by atoms with Gasteiger partial charge in [-0.15, -0.1) is 0 Å². The van der Waals surface area contributed by atoms with E-state index < -0.39 is 23.8 Å². The van der Waals surface area contributed by atoms with Crippen LogP contribution in [0.15, 0.2) is 18.2 Å². The summed E-state index contributed by atoms with van der Waals surface area (Å²) in [4.78, 5) is 50.8. The predicted molar refractivity (Wildman–Crippen MR) is 109 cm³/mol. The maximum atomic E-state index is 13.2. The molecule has 2 bridgehead atoms. The summed E-state index contributed by atoms with van der Waals surface area (Å²) in [7, 11) is 0. The summed E-state index contributed by atoms with van der Waals surface area (Å²) < 4.78 is 6.06. The van der Waals surface area contributed by atoms with Gasteiger partial charge in [0.2, 0.25) is 11.8 Å². The molecule has 4 aliphatic heterocycles. The molecule has 3 saturated heterocycles. The summed E-state index contributed by atoms with van der Waals surface area (Å²) in [6, 6.07) is 4.21. The molecule has 1 aromatic carbocycles. The third-order valence-electron chi connectivity index (χ3n) is 7.14. The molecule has 164 valence electrons. The number of hydrogen-bond donors (Lipinski definition) is 3. The van der Waals surface area contributed by atoms with Crippen LogP contribution in [0.4, 0.5) is 0 Å². The van der Waals surface area contributed by atoms with Crippen molar-refractivity contribution >= 4 is 23.6 Å². The lowest BCUT2D eigenvalue weighted by molar-refractivity contribution is -0.150. The number of rotatable bonds is 5. The molecule has 5 aliphatic rings. The predicted octanol–water partition coefficient (Wildman–Crippen LogP) is 0.218. The molecule has 1 aromatic rings. The number of nitrogens with two attached hydrogens (primary N) is 1. The van der Waals surface area contributed by atoms with E-state index >= 15 is 0 Å². The van der Waals surface area contributed by atoms with E-state index in [1.807, 2.05) is 6.07 Å². The van der Waals surface area contributed by atoms with Crippen LogP contribution in [0, 0.1) is 0 Å². The second kappa shape index (κ2) is 7.22. The van der Waals surface area contributed by atoms with Crippen molar-refractivity contribution in [3.05, 3.63) is 34.9 Å². The minimum Gasteiger partial charge on any atom is -0.372 e. The monoisotopic (exact) mass is 426 g/mol. The van der Waals surface area contributed by atoms with Crippen molar-refractivity contribution in [1.29, 1.82) is 0 Å². The second-order valence-corrected chi connectivity index (χ2v) is 9.22. The van der Waals surface area contributed by atoms with Crippen LogP contribution in [0.1, 0.15) is 64.8 Å². The van der Waals surface area contributed by atoms with Crippen LogP contribution in [0.25, 0.3) is 0 Å². The number of imide groups is 2. The lowest BCUT2D eigenvalue weighted by Crippen LogP contribution is -2.62. The fraction of sp³-hybridized carbons (Fsp3) is 0.545. The molecular weight excluding hydrogens is 400 g/mol. The van der Waals surface area contributed by atoms with Crippen molar-refractivity contribution < 1.29 is 23.9 Å². The molecule has 9 nitrogen and oxygen atoms in total. The van der Waals surface area contributed by atoms with Gasteiger partial charge in [-0.1, -0.05) is 12.1 Å². The first-order valence-corrected chi connectivity index (χ1v) is 10.8. The van der Waals surface area contributed by atoms with Crippen LogP contribution in [0.5, 0.6) is 0 Å². The van der Waals surface area contributed by atoms with Gasteiger partial charge in [-0.2, -0.15) is 0 Å². The maximum absolute atomic E-state index is 13.2. The summed E-state index contributed by atoms with van der Waals surface area (Å²) in [6.45, 7) is 1.62. The Morgan fingerprint density at radius 2 is 1.90 bits per heavy atom. The number of nitrogens with one attached hydrogen (secondary N) is 2. The molecule has 1 unspecified atom stereocenters. The highest BCUT2D eigenvalue weighted by Crippen LogP contribution is 2.42. The summed E-state index contributed by atoms with van der Waals surface area (Å²) >= 11 is 0. The minimum atomic E-state index is -0.959. The molecule has 4 N–H and O–H groups in total. The fourth-order valence-corrected chi connectivity index (χ4v) is 5.17. The van der Waals surface area contributed by atoms with Crippen LogP contribution in [-0.4, -0.2) is 58.9 Å². The van der Waals surface area contributed by atoms with Crippen molar-refractivity contribution in [2.75, 3.05) is 13.2 Å². The third kappa shape index (κ3) is 3.37. The first-order chi connectivity index (χ1) is 14.8. The number of nitrogens with zero attached hydrogens (tertiary/aromatic N) is 1. The Bertz CT molecular complexity index is 966. The number of amides is 4. The van der Waals surface area contributed by atoms with Crippen molar-refractivity contribution in [3.63, 3.8) is 0 Å². The van der Waals surface area contributed by atoms with Crippen LogP contribution in [0.3, 0.4) is 0 Å². The zero-order chi connectivity index (χ0) is 21.8. The van der Waals surface area contributed by atoms with Crippen molar-refractivity contribution in [2.45, 2.75) is 62.3 Å². The molecule has 0 aromatic heterocycles. The van der Waals surface area contributed by atoms with E-state index in [-0.39, 0.29) is 29.9 Å². The van der Waals surface area contributed by atoms with Crippen LogP contribution >= 0.6 is 0 Å². The van der Waals surface area contributed by atoms with Gasteiger partial charge in [0.05, 0.1) is 23.3 Å². The second-order valence-electron chi connectivity index (χ2n) is 9.22. The molecule has 1 atom stereocenters. The van der Waals surface area contributed by atoms with Gasteiger partial charge >= 0.3 is 0 Å². The van der Waals surface area contributed by atoms with Gasteiger partial charge in [0.25, 0.3) is 11.8 Å². The fourth-order valence-electron chi connectivity index (χ4n) is 5.17. The van der Waals surface area contributed by atoms with E-state index in [0.717, 1.165) is 30.6 Å². The van der Waals surface area contributed by atoms with E-state index in [2.05, 4.69) is 10.6 Å². The summed E-state index contributed by atoms with van der Waals surface area (Å²) in [6.07, 6.45) is 3.96. The average Bonchev–Trinajstić information content (AvgIpc) is 3.01. The zero-order valence-electron chi connectivity index (χ0n) is 17.2. The summed E-state index contributed by atoms with van der Waals surface area (Å²) in [5.74, 6) is -1.96. The van der Waals surface area contributed by atoms with Crippen LogP contribution in [-0.2, 0) is 20.9 Å². The van der Waals surface area contributed by atoms with Gasteiger partial charge in [-0.25, -0.2) is 0 Å². The summed E-state index contributed by atoms with van der Waals surface area (Å²) in [5.41, 5.74) is 7.22. The van der Waals surface area contributed by atoms with E-state index in [4.69, 9.17) is 10.5 Å². The zero-order valence-corrected chi connectivity index (χ0v) is 17.2. The highest BCUT2D eigenvalue weighted by molar-refractivity contribution is 6.24. The topological polar surface area (TPSA) is 131 Å². The third-order valence-corrected chi connectivity index (χ3v) is 7.14. The SMILES string of the molecule is NC12CCC(CNCc3cccc4c3C(=O)N(C3CCC(=O)NC3=O)C4=O)(CC1)OC2. The smallest absolute Gasteiger partial charge is 0.262 e. The highest BCUT2D eigenvalue weighted by Gasteiger charge is 2.48. The molecule has 4 heterocycles. The molecule has 0 radical (unpaired) electrons. The number of fused-ring (bicyclic) bond motifs is 4. The normalized spacial score (nSPS) is 32.4. The summed E-state index contributed by atoms with van der Waals surface area (Å²) in [5, 5.41) is 5.62. The van der Waals surface area contributed by atoms with Gasteiger partial charge in [-0.05, 0) is 43.7 Å². The van der Waals surface area contributed by atoms with Gasteiger partial charge in [-0.3, -0.25) is 29.4 Å². The molecule has 6 rings (SSSR count). The largest absolute Gasteiger partial charge is 0.372 e. The number of carbonyl (C=O) groups is 4. The Kier molecular flexibility index (Phi) is 4.72. The highest BCUT2D eigenvalue weighted by atomic mass is 16.5. The molecule has 1 aliphatic carbocycles. The molecule has 1 saturated carbocycles. The molecule has 31 heavy (non-hydrogen) atoms. The molecule has 4 fully saturated rings. The minimum absolute atomic E-state index is 0.102. The van der Waals surface area contributed by atoms with E-state index in [1.54, 1.807) is 12.1 Å². The van der Waals surface area contributed by atoms with Crippen LogP contribution in [0.2, 0.25) is 0 Å². The molecular formula is C22H26N4O5. The lowest BCUT2D eigenvalue weighted by atomic mass is 9.71. The molecule has 0 spiro atoms. The Labute approximate surface area is 179 Å². The first-order valence-electron chi connectivity index (χ1n) is 10.8. The Hall–Kier alpha value is -2.62. The van der Waals surface area contributed by atoms with E-state index in [9.17, 15) is 19.2 Å². The van der Waals surface area contributed by atoms with Gasteiger partial charge < -0.3 is 15.8 Å². The van der Waals surface area contributed by atoms with Gasteiger partial charge in [0.1, 0.15) is 6.04 Å². The quantitative estimate of drug-likeness (QED) is 0.574. The van der Waals surface area contributed by atoms with Crippen molar-refractivity contribution in [3.8, 4) is 0 Å². The number of piperidine rings is 1. The van der Waals surface area contributed by atoms with Crippen molar-refractivity contribution in [2.24, 2.45) is 5.73 Å². The van der Waals surface area contributed by atoms with Crippen LogP contribution < -0.4 is 16.4 Å². The lowest BCUT2D eigenvalue weighted by Gasteiger charge is -2.51. The molecule has 4 amide bonds. The Balaban J connectivity index is 1.30. The van der Waals surface area contributed by atoms with E-state index in [0.29, 0.717) is 36.4 Å². The number of ether oxygens (including phenoxy) is 1. The standard InChI is InChI=1S/C22H26N4O5/c23-21-6-8-22(9-7-21,31-12-21)11-24-10-13-2-1-3-14-17(13)20(30)26(19(14)29)15-4-5-16(27)25-18(15)28/h1-3,15,24H,4-12,23H2,(H,25,27,28). The average molecular weight is 426 g/mol. The Morgan fingerprint density at radius 1 is 1.13 bits per heavy atom. The molecule has 9 heteroatoms.